The molecule has 2 aromatic rings. The number of benzene rings is 1. The van der Waals surface area contributed by atoms with Crippen LogP contribution in [-0.4, -0.2) is 50.5 Å². The second-order valence-corrected chi connectivity index (χ2v) is 8.71. The zero-order valence-electron chi connectivity index (χ0n) is 15.4. The van der Waals surface area contributed by atoms with E-state index in [4.69, 9.17) is 4.74 Å². The SMILES string of the molecule is CCOc1ccc(NC(=O)c2ccc(N(C)C3CCS(=O)(=O)C3)cn2)cc1. The molecule has 1 atom stereocenters. The first kappa shape index (κ1) is 19.2. The van der Waals surface area contributed by atoms with Crippen molar-refractivity contribution in [3.63, 3.8) is 0 Å². The van der Waals surface area contributed by atoms with Crippen molar-refractivity contribution in [2.24, 2.45) is 0 Å². The minimum absolute atomic E-state index is 0.0552. The molecule has 1 aromatic carbocycles. The maximum absolute atomic E-state index is 12.3. The van der Waals surface area contributed by atoms with E-state index >= 15 is 0 Å². The summed E-state index contributed by atoms with van der Waals surface area (Å²) in [7, 11) is -1.10. The van der Waals surface area contributed by atoms with Crippen molar-refractivity contribution in [2.75, 3.05) is 35.4 Å². The van der Waals surface area contributed by atoms with Gasteiger partial charge in [-0.1, -0.05) is 0 Å². The predicted octanol–water partition coefficient (Wildman–Crippen LogP) is 2.36. The van der Waals surface area contributed by atoms with Crippen LogP contribution in [0.25, 0.3) is 0 Å². The molecule has 3 rings (SSSR count). The minimum atomic E-state index is -2.95. The highest BCUT2D eigenvalue weighted by atomic mass is 32.2. The number of anilines is 2. The third kappa shape index (κ3) is 4.77. The Morgan fingerprint density at radius 2 is 2.00 bits per heavy atom. The van der Waals surface area contributed by atoms with E-state index < -0.39 is 9.84 Å². The smallest absolute Gasteiger partial charge is 0.274 e. The average molecular weight is 389 g/mol. The Balaban J connectivity index is 1.63. The number of carbonyl (C=O) groups excluding carboxylic acids is 1. The molecule has 1 saturated heterocycles. The molecular formula is C19H23N3O4S. The Morgan fingerprint density at radius 1 is 1.26 bits per heavy atom. The number of ether oxygens (including phenoxy) is 1. The van der Waals surface area contributed by atoms with Crippen LogP contribution in [0.1, 0.15) is 23.8 Å². The fraction of sp³-hybridized carbons (Fsp3) is 0.368. The molecule has 1 fully saturated rings. The lowest BCUT2D eigenvalue weighted by Crippen LogP contribution is -2.32. The summed E-state index contributed by atoms with van der Waals surface area (Å²) >= 11 is 0. The topological polar surface area (TPSA) is 88.6 Å². The van der Waals surface area contributed by atoms with Gasteiger partial charge in [0.05, 0.1) is 30.0 Å². The van der Waals surface area contributed by atoms with Crippen molar-refractivity contribution in [3.8, 4) is 5.75 Å². The van der Waals surface area contributed by atoms with Gasteiger partial charge in [-0.15, -0.1) is 0 Å². The second kappa shape index (κ2) is 7.96. The van der Waals surface area contributed by atoms with E-state index in [9.17, 15) is 13.2 Å². The first-order valence-electron chi connectivity index (χ1n) is 8.81. The Kier molecular flexibility index (Phi) is 5.65. The Morgan fingerprint density at radius 3 is 2.56 bits per heavy atom. The lowest BCUT2D eigenvalue weighted by atomic mass is 10.2. The molecular weight excluding hydrogens is 366 g/mol. The first-order chi connectivity index (χ1) is 12.9. The number of amides is 1. The van der Waals surface area contributed by atoms with Crippen LogP contribution >= 0.6 is 0 Å². The van der Waals surface area contributed by atoms with Crippen molar-refractivity contribution in [1.82, 2.24) is 4.98 Å². The number of hydrogen-bond donors (Lipinski definition) is 1. The van der Waals surface area contributed by atoms with Crippen LogP contribution < -0.4 is 15.0 Å². The molecule has 2 heterocycles. The van der Waals surface area contributed by atoms with Crippen molar-refractivity contribution >= 4 is 27.1 Å². The highest BCUT2D eigenvalue weighted by Crippen LogP contribution is 2.22. The standard InChI is InChI=1S/C19H23N3O4S/c1-3-26-17-7-4-14(5-8-17)21-19(23)18-9-6-15(12-20-18)22(2)16-10-11-27(24,25)13-16/h4-9,12,16H,3,10-11,13H2,1-2H3,(H,21,23). The van der Waals surface area contributed by atoms with Crippen molar-refractivity contribution in [2.45, 2.75) is 19.4 Å². The maximum Gasteiger partial charge on any atom is 0.274 e. The number of carbonyl (C=O) groups is 1. The summed E-state index contributed by atoms with van der Waals surface area (Å²) in [6, 6.07) is 10.5. The van der Waals surface area contributed by atoms with Crippen molar-refractivity contribution in [1.29, 1.82) is 0 Å². The van der Waals surface area contributed by atoms with Gasteiger partial charge >= 0.3 is 0 Å². The first-order valence-corrected chi connectivity index (χ1v) is 10.6. The molecule has 1 aliphatic rings. The normalized spacial score (nSPS) is 18.1. The van der Waals surface area contributed by atoms with Crippen LogP contribution in [0.5, 0.6) is 5.75 Å². The van der Waals surface area contributed by atoms with Crippen molar-refractivity contribution < 1.29 is 17.9 Å². The van der Waals surface area contributed by atoms with Gasteiger partial charge in [0, 0.05) is 18.8 Å². The molecule has 1 amide bonds. The van der Waals surface area contributed by atoms with Gasteiger partial charge in [-0.25, -0.2) is 13.4 Å². The summed E-state index contributed by atoms with van der Waals surface area (Å²) in [6.07, 6.45) is 2.21. The van der Waals surface area contributed by atoms with E-state index in [-0.39, 0.29) is 23.5 Å². The van der Waals surface area contributed by atoms with Gasteiger partial charge < -0.3 is 15.0 Å². The molecule has 7 nitrogen and oxygen atoms in total. The summed E-state index contributed by atoms with van der Waals surface area (Å²) in [4.78, 5) is 18.5. The van der Waals surface area contributed by atoms with E-state index in [1.54, 1.807) is 42.6 Å². The van der Waals surface area contributed by atoms with E-state index in [2.05, 4.69) is 10.3 Å². The summed E-state index contributed by atoms with van der Waals surface area (Å²) in [5, 5.41) is 2.79. The van der Waals surface area contributed by atoms with Gasteiger partial charge in [0.15, 0.2) is 9.84 Å². The largest absolute Gasteiger partial charge is 0.494 e. The maximum atomic E-state index is 12.3. The number of sulfone groups is 1. The highest BCUT2D eigenvalue weighted by Gasteiger charge is 2.30. The van der Waals surface area contributed by atoms with Gasteiger partial charge in [-0.3, -0.25) is 4.79 Å². The molecule has 1 N–H and O–H groups in total. The van der Waals surface area contributed by atoms with E-state index in [1.165, 1.54) is 0 Å². The fourth-order valence-corrected chi connectivity index (χ4v) is 4.79. The molecule has 0 aliphatic carbocycles. The molecule has 1 unspecified atom stereocenters. The minimum Gasteiger partial charge on any atom is -0.494 e. The summed E-state index contributed by atoms with van der Waals surface area (Å²) < 4.78 is 28.7. The average Bonchev–Trinajstić information content (AvgIpc) is 3.03. The van der Waals surface area contributed by atoms with Crippen LogP contribution in [0.3, 0.4) is 0 Å². The van der Waals surface area contributed by atoms with Gasteiger partial charge in [0.2, 0.25) is 0 Å². The van der Waals surface area contributed by atoms with Crippen LogP contribution in [0.4, 0.5) is 11.4 Å². The Bertz CT molecular complexity index is 896. The number of hydrogen-bond acceptors (Lipinski definition) is 6. The summed E-state index contributed by atoms with van der Waals surface area (Å²) in [5.41, 5.74) is 1.73. The van der Waals surface area contributed by atoms with Crippen LogP contribution in [0, 0.1) is 0 Å². The predicted molar refractivity (Wildman–Crippen MR) is 105 cm³/mol. The van der Waals surface area contributed by atoms with Crippen LogP contribution in [-0.2, 0) is 9.84 Å². The summed E-state index contributed by atoms with van der Waals surface area (Å²) in [6.45, 7) is 2.50. The molecule has 1 aliphatic heterocycles. The molecule has 0 spiro atoms. The molecule has 8 heteroatoms. The van der Waals surface area contributed by atoms with Gasteiger partial charge in [-0.05, 0) is 49.7 Å². The highest BCUT2D eigenvalue weighted by molar-refractivity contribution is 7.91. The zero-order chi connectivity index (χ0) is 19.4. The lowest BCUT2D eigenvalue weighted by molar-refractivity contribution is 0.102. The van der Waals surface area contributed by atoms with Crippen LogP contribution in [0.2, 0.25) is 0 Å². The third-order valence-corrected chi connectivity index (χ3v) is 6.32. The molecule has 0 radical (unpaired) electrons. The summed E-state index contributed by atoms with van der Waals surface area (Å²) in [5.74, 6) is 0.813. The number of nitrogens with zero attached hydrogens (tertiary/aromatic N) is 2. The lowest BCUT2D eigenvalue weighted by Gasteiger charge is -2.25. The van der Waals surface area contributed by atoms with Gasteiger partial charge in [-0.2, -0.15) is 0 Å². The Labute approximate surface area is 159 Å². The molecule has 144 valence electrons. The van der Waals surface area contributed by atoms with E-state index in [0.29, 0.717) is 24.4 Å². The number of aromatic nitrogens is 1. The number of nitrogens with one attached hydrogen (secondary N) is 1. The van der Waals surface area contributed by atoms with E-state index in [0.717, 1.165) is 11.4 Å². The van der Waals surface area contributed by atoms with Crippen LogP contribution in [0.15, 0.2) is 42.6 Å². The van der Waals surface area contributed by atoms with Gasteiger partial charge in [0.25, 0.3) is 5.91 Å². The zero-order valence-corrected chi connectivity index (χ0v) is 16.2. The number of rotatable bonds is 6. The fourth-order valence-electron chi connectivity index (χ4n) is 3.02. The Hall–Kier alpha value is -2.61. The van der Waals surface area contributed by atoms with Gasteiger partial charge in [0.1, 0.15) is 11.4 Å². The number of pyridine rings is 1. The second-order valence-electron chi connectivity index (χ2n) is 6.48. The molecule has 27 heavy (non-hydrogen) atoms. The monoisotopic (exact) mass is 389 g/mol. The molecule has 1 aromatic heterocycles. The molecule has 0 saturated carbocycles. The quantitative estimate of drug-likeness (QED) is 0.816. The third-order valence-electron chi connectivity index (χ3n) is 4.57. The van der Waals surface area contributed by atoms with Crippen molar-refractivity contribution in [3.05, 3.63) is 48.3 Å². The molecule has 0 bridgehead atoms. The van der Waals surface area contributed by atoms with E-state index in [1.807, 2.05) is 18.9 Å².